The van der Waals surface area contributed by atoms with Gasteiger partial charge in [-0.15, -0.1) is 36.4 Å². The smallest absolute Gasteiger partial charge is 0.493 e. The van der Waals surface area contributed by atoms with Crippen LogP contribution in [-0.4, -0.2) is 70.2 Å². The van der Waals surface area contributed by atoms with Crippen molar-refractivity contribution in [3.05, 3.63) is 323 Å². The first-order valence-electron chi connectivity index (χ1n) is 28.9. The SMILES string of the molecule is C=CCc1ccccc1C(=O)[Si](OC(=Cc1ccccc1)Cc1ccccc1)(O[Si](OC(=Cc1ccccc1)Cc1ccccc1)(C(=O)c1ccccc1CC=C)C(Cc1ccccc1)(SC(=O)CCl)C(C)=O)C(Cc1ccccc1)(SC(=O)CCl)C(C)=O. The molecule has 0 fully saturated rings. The second-order valence-corrected chi connectivity index (χ2v) is 31.4. The Morgan fingerprint density at radius 1 is 0.427 bits per heavy atom. The molecule has 0 amide bonds. The summed E-state index contributed by atoms with van der Waals surface area (Å²) < 4.78 is 19.6. The molecule has 0 aliphatic rings. The molecule has 89 heavy (non-hydrogen) atoms. The second-order valence-electron chi connectivity index (χ2n) is 21.2. The van der Waals surface area contributed by atoms with E-state index in [4.69, 9.17) is 36.2 Å². The van der Waals surface area contributed by atoms with Crippen LogP contribution >= 0.6 is 46.7 Å². The van der Waals surface area contributed by atoms with E-state index in [0.29, 0.717) is 68.0 Å². The molecule has 0 N–H and O–H groups in total. The number of carbonyl (C=O) groups excluding carboxylic acids is 6. The van der Waals surface area contributed by atoms with E-state index in [9.17, 15) is 0 Å². The Labute approximate surface area is 542 Å². The van der Waals surface area contributed by atoms with E-state index in [2.05, 4.69) is 13.2 Å². The Morgan fingerprint density at radius 3 is 1.02 bits per heavy atom. The summed E-state index contributed by atoms with van der Waals surface area (Å²) in [6.07, 6.45) is 5.96. The summed E-state index contributed by atoms with van der Waals surface area (Å²) in [5.41, 5.74) is 4.41. The minimum atomic E-state index is -6.18. The largest absolute Gasteiger partial charge is 0.518 e. The summed E-state index contributed by atoms with van der Waals surface area (Å²) in [5, 5.41) is -3.30. The highest BCUT2D eigenvalue weighted by Crippen LogP contribution is 2.52. The molecular formula is C74H68Cl2O9S2Si2. The molecule has 0 saturated heterocycles. The maximum absolute atomic E-state index is 18.1. The van der Waals surface area contributed by atoms with E-state index < -0.39 is 83.1 Å². The molecule has 0 radical (unpaired) electrons. The molecule has 0 saturated carbocycles. The Bertz CT molecular complexity index is 3590. The zero-order valence-corrected chi connectivity index (χ0v) is 54.7. The van der Waals surface area contributed by atoms with Crippen molar-refractivity contribution in [3.8, 4) is 0 Å². The zero-order valence-electron chi connectivity index (χ0n) is 49.6. The van der Waals surface area contributed by atoms with Crippen LogP contribution in [0.2, 0.25) is 0 Å². The van der Waals surface area contributed by atoms with E-state index >= 15 is 28.8 Å². The summed E-state index contributed by atoms with van der Waals surface area (Å²) in [6.45, 7) is 10.7. The van der Waals surface area contributed by atoms with E-state index in [-0.39, 0.29) is 48.3 Å². The van der Waals surface area contributed by atoms with Crippen molar-refractivity contribution in [1.29, 1.82) is 0 Å². The van der Waals surface area contributed by atoms with E-state index in [1.807, 2.05) is 121 Å². The molecule has 0 spiro atoms. The molecule has 0 heterocycles. The number of halogens is 2. The van der Waals surface area contributed by atoms with Crippen LogP contribution in [-0.2, 0) is 70.7 Å². The minimum Gasteiger partial charge on any atom is -0.518 e. The number of benzene rings is 8. The summed E-state index contributed by atoms with van der Waals surface area (Å²) in [5.74, 6) is -2.69. The summed E-state index contributed by atoms with van der Waals surface area (Å²) in [6, 6.07) is 68.2. The fraction of sp³-hybridized carbons (Fsp3) is 0.162. The molecule has 4 unspecified atom stereocenters. The average Bonchev–Trinajstić information content (AvgIpc) is 0.751. The fourth-order valence-corrected chi connectivity index (χ4v) is 25.4. The van der Waals surface area contributed by atoms with Gasteiger partial charge in [0.2, 0.25) is 21.0 Å². The zero-order chi connectivity index (χ0) is 63.3. The molecule has 452 valence electrons. The monoisotopic (exact) mass is 1290 g/mol. The van der Waals surface area contributed by atoms with Crippen LogP contribution in [0.5, 0.6) is 0 Å². The van der Waals surface area contributed by atoms with Crippen molar-refractivity contribution < 1.29 is 41.7 Å². The Hall–Kier alpha value is -7.99. The van der Waals surface area contributed by atoms with Crippen LogP contribution in [0.15, 0.2) is 267 Å². The van der Waals surface area contributed by atoms with Gasteiger partial charge in [0, 0.05) is 24.0 Å². The predicted molar refractivity (Wildman–Crippen MR) is 367 cm³/mol. The Balaban J connectivity index is 1.71. The number of ketones is 2. The average molecular weight is 1290 g/mol. The van der Waals surface area contributed by atoms with Gasteiger partial charge in [-0.2, -0.15) is 0 Å². The van der Waals surface area contributed by atoms with E-state index in [0.717, 1.165) is 0 Å². The van der Waals surface area contributed by atoms with Crippen molar-refractivity contribution in [1.82, 2.24) is 0 Å². The lowest BCUT2D eigenvalue weighted by Crippen LogP contribution is -2.81. The second kappa shape index (κ2) is 32.0. The number of allylic oxidation sites excluding steroid dienone is 4. The van der Waals surface area contributed by atoms with Crippen LogP contribution in [0.1, 0.15) is 79.1 Å². The van der Waals surface area contributed by atoms with Crippen molar-refractivity contribution in [2.45, 2.75) is 61.1 Å². The lowest BCUT2D eigenvalue weighted by Gasteiger charge is -2.51. The van der Waals surface area contributed by atoms with Crippen molar-refractivity contribution in [2.24, 2.45) is 0 Å². The van der Waals surface area contributed by atoms with Crippen LogP contribution < -0.4 is 0 Å². The van der Waals surface area contributed by atoms with Gasteiger partial charge in [0.15, 0.2) is 0 Å². The van der Waals surface area contributed by atoms with Gasteiger partial charge in [-0.05, 0) is 96.2 Å². The van der Waals surface area contributed by atoms with Crippen molar-refractivity contribution in [3.63, 3.8) is 0 Å². The quantitative estimate of drug-likeness (QED) is 0.0173. The number of hydrogen-bond donors (Lipinski definition) is 0. The van der Waals surface area contributed by atoms with Gasteiger partial charge >= 0.3 is 17.1 Å². The van der Waals surface area contributed by atoms with Crippen LogP contribution in [0.3, 0.4) is 0 Å². The van der Waals surface area contributed by atoms with Crippen LogP contribution in [0, 0.1) is 0 Å². The normalized spacial score (nSPS) is 14.3. The van der Waals surface area contributed by atoms with Crippen LogP contribution in [0.25, 0.3) is 12.2 Å². The lowest BCUT2D eigenvalue weighted by atomic mass is 10.1. The molecule has 9 nitrogen and oxygen atoms in total. The molecule has 8 rings (SSSR count). The molecule has 0 aliphatic heterocycles. The molecule has 0 aliphatic carbocycles. The topological polar surface area (TPSA) is 130 Å². The first kappa shape index (κ1) is 67.0. The summed E-state index contributed by atoms with van der Waals surface area (Å²) in [4.78, 5) is 99.5. The Kier molecular flexibility index (Phi) is 24.0. The maximum Gasteiger partial charge on any atom is 0.493 e. The van der Waals surface area contributed by atoms with Crippen molar-refractivity contribution >= 4 is 109 Å². The van der Waals surface area contributed by atoms with Gasteiger partial charge in [-0.1, -0.05) is 266 Å². The first-order chi connectivity index (χ1) is 43.1. The molecule has 8 aromatic rings. The standard InChI is InChI=1S/C74H68Cl2O9S2Si2/c1-5-29-63-43-25-27-45-67(63)71(81)88(73(55(3)77,86-69(79)53-75)51-61-39-21-11-22-40-61,83-65(47-57-31-13-7-14-32-57)48-58-33-15-8-16-34-58)85-89(72(82)68-46-28-26-44-64(68)30-6-2,74(56(4)78,87-70(80)54-76)52-62-41-23-12-24-42-62)84-66(49-59-35-17-9-18-36-59)50-60-37-19-10-20-38-60/h5-28,31-47,49H,1-2,29-30,48,50-54H2,3-4H3. The van der Waals surface area contributed by atoms with Gasteiger partial charge in [0.05, 0.1) is 23.3 Å². The highest BCUT2D eigenvalue weighted by Gasteiger charge is 2.80. The fourth-order valence-electron chi connectivity index (χ4n) is 10.8. The third kappa shape index (κ3) is 16.1. The molecular weight excluding hydrogens is 1220 g/mol. The van der Waals surface area contributed by atoms with Crippen molar-refractivity contribution in [2.75, 3.05) is 11.8 Å². The predicted octanol–water partition coefficient (Wildman–Crippen LogP) is 16.0. The number of alkyl halides is 2. The number of hydrogen-bond acceptors (Lipinski definition) is 11. The highest BCUT2D eigenvalue weighted by atomic mass is 35.5. The van der Waals surface area contributed by atoms with E-state index in [1.54, 1.807) is 133 Å². The third-order valence-electron chi connectivity index (χ3n) is 15.0. The maximum atomic E-state index is 18.1. The minimum absolute atomic E-state index is 0.00293. The third-order valence-corrected chi connectivity index (χ3v) is 28.6. The number of carbonyl (C=O) groups is 6. The number of thioether (sulfide) groups is 2. The molecule has 4 atom stereocenters. The molecule has 0 aromatic heterocycles. The number of Topliss-reactive ketones (excluding diaryl/α,β-unsaturated/α-hetero) is 2. The Morgan fingerprint density at radius 2 is 0.719 bits per heavy atom. The lowest BCUT2D eigenvalue weighted by molar-refractivity contribution is -0.118. The first-order valence-corrected chi connectivity index (χ1v) is 35.3. The van der Waals surface area contributed by atoms with Gasteiger partial charge in [0.25, 0.3) is 0 Å². The van der Waals surface area contributed by atoms with Crippen LogP contribution in [0.4, 0.5) is 0 Å². The van der Waals surface area contributed by atoms with Gasteiger partial charge < -0.3 is 13.0 Å². The van der Waals surface area contributed by atoms with Gasteiger partial charge in [0.1, 0.15) is 20.3 Å². The summed E-state index contributed by atoms with van der Waals surface area (Å²) >= 11 is 14.3. The molecule has 0 bridgehead atoms. The van der Waals surface area contributed by atoms with Gasteiger partial charge in [-0.3, -0.25) is 28.8 Å². The van der Waals surface area contributed by atoms with E-state index in [1.165, 1.54) is 13.8 Å². The number of rotatable bonds is 32. The molecule has 15 heteroatoms. The van der Waals surface area contributed by atoms with Gasteiger partial charge in [-0.25, -0.2) is 0 Å². The summed E-state index contributed by atoms with van der Waals surface area (Å²) in [7, 11) is -12.4. The highest BCUT2D eigenvalue weighted by molar-refractivity contribution is 8.17. The molecule has 8 aromatic carbocycles.